The zero-order valence-electron chi connectivity index (χ0n) is 17.5. The Labute approximate surface area is 191 Å². The van der Waals surface area contributed by atoms with E-state index in [1.165, 1.54) is 16.3 Å². The lowest BCUT2D eigenvalue weighted by Crippen LogP contribution is -2.27. The maximum atomic E-state index is 13.5. The van der Waals surface area contributed by atoms with Crippen LogP contribution in [0, 0.1) is 6.92 Å². The standard InChI is InChI=1S/C21H20N8OS2/c1-11-17(28(3)19-18(11)32-15(25-19)9-13-7-8-24-27-13)20(30)29(23-2)10-12-5-4-6-14-16(12)26-21(22)31-14/h4-8H,2,9-10H2,1,3H3,(H2,22,26)(H,24,27). The van der Waals surface area contributed by atoms with Gasteiger partial charge in [0.15, 0.2) is 10.8 Å². The molecule has 32 heavy (non-hydrogen) atoms. The molecular weight excluding hydrogens is 444 g/mol. The van der Waals surface area contributed by atoms with Crippen molar-refractivity contribution in [2.45, 2.75) is 19.9 Å². The van der Waals surface area contributed by atoms with Gasteiger partial charge in [-0.2, -0.15) is 10.2 Å². The number of nitrogens with one attached hydrogen (secondary N) is 1. The number of aromatic amines is 1. The molecule has 0 aliphatic rings. The molecule has 0 aliphatic heterocycles. The lowest BCUT2D eigenvalue weighted by atomic mass is 10.2. The van der Waals surface area contributed by atoms with Crippen molar-refractivity contribution in [2.24, 2.45) is 12.1 Å². The van der Waals surface area contributed by atoms with Gasteiger partial charge in [-0.15, -0.1) is 11.3 Å². The maximum Gasteiger partial charge on any atom is 0.291 e. The number of anilines is 1. The number of benzene rings is 1. The zero-order chi connectivity index (χ0) is 22.4. The summed E-state index contributed by atoms with van der Waals surface area (Å²) < 4.78 is 3.80. The summed E-state index contributed by atoms with van der Waals surface area (Å²) in [4.78, 5) is 22.6. The molecule has 4 heterocycles. The van der Waals surface area contributed by atoms with Crippen LogP contribution in [-0.2, 0) is 20.0 Å². The minimum absolute atomic E-state index is 0.236. The summed E-state index contributed by atoms with van der Waals surface area (Å²) in [6.07, 6.45) is 2.39. The summed E-state index contributed by atoms with van der Waals surface area (Å²) in [5, 5.41) is 13.8. The number of amides is 1. The Morgan fingerprint density at radius 3 is 2.88 bits per heavy atom. The van der Waals surface area contributed by atoms with E-state index in [-0.39, 0.29) is 12.5 Å². The van der Waals surface area contributed by atoms with E-state index in [0.29, 0.717) is 17.2 Å². The molecule has 0 atom stereocenters. The summed E-state index contributed by atoms with van der Waals surface area (Å²) in [6.45, 7) is 5.82. The highest BCUT2D eigenvalue weighted by Gasteiger charge is 2.26. The third-order valence-corrected chi connectivity index (χ3v) is 7.36. The number of H-pyrrole nitrogens is 1. The molecule has 0 aliphatic carbocycles. The van der Waals surface area contributed by atoms with Crippen LogP contribution in [0.2, 0.25) is 0 Å². The summed E-state index contributed by atoms with van der Waals surface area (Å²) >= 11 is 3.00. The van der Waals surface area contributed by atoms with Crippen LogP contribution in [0.15, 0.2) is 35.6 Å². The van der Waals surface area contributed by atoms with Crippen molar-refractivity contribution in [3.05, 3.63) is 58.0 Å². The number of hydrogen-bond acceptors (Lipinski definition) is 8. The number of hydrazone groups is 1. The summed E-state index contributed by atoms with van der Waals surface area (Å²) in [7, 11) is 1.85. The third-order valence-electron chi connectivity index (χ3n) is 5.35. The number of aryl methyl sites for hydroxylation is 2. The minimum Gasteiger partial charge on any atom is -0.375 e. The summed E-state index contributed by atoms with van der Waals surface area (Å²) in [5.74, 6) is -0.236. The van der Waals surface area contributed by atoms with Crippen molar-refractivity contribution >= 4 is 61.0 Å². The van der Waals surface area contributed by atoms with Crippen molar-refractivity contribution in [1.29, 1.82) is 0 Å². The van der Waals surface area contributed by atoms with Crippen LogP contribution in [0.3, 0.4) is 0 Å². The number of hydrogen-bond donors (Lipinski definition) is 2. The molecule has 4 aromatic heterocycles. The molecule has 11 heteroatoms. The number of carbonyl (C=O) groups excluding carboxylic acids is 1. The van der Waals surface area contributed by atoms with E-state index in [4.69, 9.17) is 10.7 Å². The number of nitrogen functional groups attached to an aromatic ring is 1. The molecule has 0 saturated heterocycles. The zero-order valence-corrected chi connectivity index (χ0v) is 19.1. The normalized spacial score (nSPS) is 11.4. The fraction of sp³-hybridized carbons (Fsp3) is 0.190. The van der Waals surface area contributed by atoms with Crippen molar-refractivity contribution in [1.82, 2.24) is 29.7 Å². The average Bonchev–Trinajstić information content (AvgIpc) is 3.54. The second-order valence-electron chi connectivity index (χ2n) is 7.37. The van der Waals surface area contributed by atoms with Gasteiger partial charge in [-0.3, -0.25) is 9.89 Å². The molecular formula is C21H20N8OS2. The van der Waals surface area contributed by atoms with Gasteiger partial charge in [-0.05, 0) is 24.6 Å². The minimum atomic E-state index is -0.236. The van der Waals surface area contributed by atoms with Gasteiger partial charge in [0.1, 0.15) is 10.7 Å². The highest BCUT2D eigenvalue weighted by Crippen LogP contribution is 2.32. The first-order valence-corrected chi connectivity index (χ1v) is 11.4. The number of nitrogens with two attached hydrogens (primary N) is 1. The first-order valence-electron chi connectivity index (χ1n) is 9.81. The van der Waals surface area contributed by atoms with E-state index in [1.54, 1.807) is 17.5 Å². The second-order valence-corrected chi connectivity index (χ2v) is 9.52. The fourth-order valence-corrected chi connectivity index (χ4v) is 5.74. The maximum absolute atomic E-state index is 13.5. The van der Waals surface area contributed by atoms with Crippen LogP contribution < -0.4 is 5.73 Å². The molecule has 9 nitrogen and oxygen atoms in total. The molecule has 5 aromatic rings. The van der Waals surface area contributed by atoms with Gasteiger partial charge in [0.25, 0.3) is 5.91 Å². The Morgan fingerprint density at radius 1 is 1.31 bits per heavy atom. The molecule has 0 unspecified atom stereocenters. The van der Waals surface area contributed by atoms with Gasteiger partial charge in [-0.25, -0.2) is 15.0 Å². The molecule has 0 fully saturated rings. The van der Waals surface area contributed by atoms with Crippen LogP contribution in [0.5, 0.6) is 0 Å². The smallest absolute Gasteiger partial charge is 0.291 e. The topological polar surface area (TPSA) is 118 Å². The monoisotopic (exact) mass is 464 g/mol. The molecule has 162 valence electrons. The predicted octanol–water partition coefficient (Wildman–Crippen LogP) is 3.71. The number of aromatic nitrogens is 5. The van der Waals surface area contributed by atoms with Crippen molar-refractivity contribution < 1.29 is 4.79 Å². The molecule has 3 N–H and O–H groups in total. The third kappa shape index (κ3) is 3.35. The molecule has 0 spiro atoms. The van der Waals surface area contributed by atoms with Crippen LogP contribution in [0.25, 0.3) is 20.6 Å². The second kappa shape index (κ2) is 7.84. The van der Waals surface area contributed by atoms with Crippen molar-refractivity contribution in [2.75, 3.05) is 5.73 Å². The first kappa shape index (κ1) is 20.3. The van der Waals surface area contributed by atoms with Gasteiger partial charge >= 0.3 is 0 Å². The molecule has 0 radical (unpaired) electrons. The predicted molar refractivity (Wildman–Crippen MR) is 128 cm³/mol. The first-order chi connectivity index (χ1) is 15.5. The highest BCUT2D eigenvalue weighted by molar-refractivity contribution is 7.22. The van der Waals surface area contributed by atoms with Crippen LogP contribution in [-0.4, -0.2) is 42.4 Å². The van der Waals surface area contributed by atoms with Crippen LogP contribution >= 0.6 is 22.7 Å². The SMILES string of the molecule is C=NN(Cc1cccc2sc(N)nc12)C(=O)c1c(C)c2sc(Cc3ccn[nH]3)nc2n1C. The Morgan fingerprint density at radius 2 is 2.16 bits per heavy atom. The van der Waals surface area contributed by atoms with Crippen LogP contribution in [0.1, 0.15) is 32.3 Å². The van der Waals surface area contributed by atoms with Gasteiger partial charge < -0.3 is 10.3 Å². The molecule has 1 aromatic carbocycles. The number of fused-ring (bicyclic) bond motifs is 2. The number of nitrogens with zero attached hydrogens (tertiary/aromatic N) is 6. The van der Waals surface area contributed by atoms with E-state index in [9.17, 15) is 4.79 Å². The largest absolute Gasteiger partial charge is 0.375 e. The van der Waals surface area contributed by atoms with E-state index in [0.717, 1.165) is 42.4 Å². The number of thiazole rings is 2. The molecule has 1 amide bonds. The van der Waals surface area contributed by atoms with E-state index in [2.05, 4.69) is 27.0 Å². The number of para-hydroxylation sites is 1. The molecule has 5 rings (SSSR count). The average molecular weight is 465 g/mol. The quantitative estimate of drug-likeness (QED) is 0.293. The lowest BCUT2D eigenvalue weighted by molar-refractivity contribution is 0.0741. The van der Waals surface area contributed by atoms with Gasteiger partial charge in [0, 0.05) is 37.6 Å². The van der Waals surface area contributed by atoms with E-state index in [1.807, 2.05) is 42.8 Å². The fourth-order valence-electron chi connectivity index (χ4n) is 3.84. The van der Waals surface area contributed by atoms with Gasteiger partial charge in [0.05, 0.1) is 21.5 Å². The van der Waals surface area contributed by atoms with Gasteiger partial charge in [0.2, 0.25) is 0 Å². The van der Waals surface area contributed by atoms with Crippen molar-refractivity contribution in [3.63, 3.8) is 0 Å². The Bertz CT molecular complexity index is 1420. The molecule has 0 saturated carbocycles. The van der Waals surface area contributed by atoms with E-state index >= 15 is 0 Å². The lowest BCUT2D eigenvalue weighted by Gasteiger charge is -2.18. The molecule has 0 bridgehead atoms. The Balaban J connectivity index is 1.47. The van der Waals surface area contributed by atoms with Crippen molar-refractivity contribution in [3.8, 4) is 0 Å². The highest BCUT2D eigenvalue weighted by atomic mass is 32.1. The number of carbonyl (C=O) groups is 1. The van der Waals surface area contributed by atoms with Gasteiger partial charge in [-0.1, -0.05) is 23.5 Å². The Hall–Kier alpha value is -3.57. The number of rotatable bonds is 6. The van der Waals surface area contributed by atoms with E-state index < -0.39 is 0 Å². The summed E-state index contributed by atoms with van der Waals surface area (Å²) in [6, 6.07) is 7.74. The summed E-state index contributed by atoms with van der Waals surface area (Å²) in [5.41, 5.74) is 10.7. The Kier molecular flexibility index (Phi) is 4.98. The van der Waals surface area contributed by atoms with Crippen LogP contribution in [0.4, 0.5) is 5.13 Å².